The Morgan fingerprint density at radius 1 is 1.00 bits per heavy atom. The highest BCUT2D eigenvalue weighted by Crippen LogP contribution is 2.38. The van der Waals surface area contributed by atoms with Crippen molar-refractivity contribution in [1.82, 2.24) is 0 Å². The third-order valence-electron chi connectivity index (χ3n) is 5.09. The van der Waals surface area contributed by atoms with Crippen LogP contribution in [0.2, 0.25) is 5.02 Å². The smallest absolute Gasteiger partial charge is 0.344 e. The van der Waals surface area contributed by atoms with Crippen molar-refractivity contribution in [1.29, 1.82) is 0 Å². The number of halogens is 1. The van der Waals surface area contributed by atoms with Crippen molar-refractivity contribution in [2.75, 3.05) is 11.6 Å². The van der Waals surface area contributed by atoms with Gasteiger partial charge in [-0.25, -0.2) is 4.79 Å². The molecule has 0 saturated heterocycles. The summed E-state index contributed by atoms with van der Waals surface area (Å²) >= 11 is 6.36. The zero-order chi connectivity index (χ0) is 18.5. The van der Waals surface area contributed by atoms with E-state index >= 15 is 0 Å². The first-order valence-corrected chi connectivity index (χ1v) is 9.11. The summed E-state index contributed by atoms with van der Waals surface area (Å²) in [7, 11) is 0. The van der Waals surface area contributed by atoms with Crippen LogP contribution in [0.4, 0.5) is 5.69 Å². The Hall–Kier alpha value is -2.98. The maximum atomic E-state index is 12.4. The largest absolute Gasteiger partial charge is 0.472 e. The minimum atomic E-state index is -0.324. The highest BCUT2D eigenvalue weighted by molar-refractivity contribution is 6.33. The molecule has 1 aliphatic rings. The van der Waals surface area contributed by atoms with Gasteiger partial charge in [-0.05, 0) is 36.6 Å². The first-order chi connectivity index (χ1) is 13.1. The first-order valence-electron chi connectivity index (χ1n) is 8.74. The minimum absolute atomic E-state index is 0.324. The number of hydrogen-bond donors (Lipinski definition) is 0. The van der Waals surface area contributed by atoms with Crippen molar-refractivity contribution in [3.63, 3.8) is 0 Å². The second kappa shape index (κ2) is 6.03. The van der Waals surface area contributed by atoms with Crippen LogP contribution in [-0.4, -0.2) is 6.73 Å². The number of para-hydroxylation sites is 1. The molecule has 0 spiro atoms. The Kier molecular flexibility index (Phi) is 3.62. The summed E-state index contributed by atoms with van der Waals surface area (Å²) in [5, 5.41) is 3.10. The zero-order valence-electron chi connectivity index (χ0n) is 14.7. The van der Waals surface area contributed by atoms with Gasteiger partial charge in [0.2, 0.25) is 0 Å². The van der Waals surface area contributed by atoms with Crippen molar-refractivity contribution in [2.24, 2.45) is 0 Å². The Bertz CT molecular complexity index is 1260. The van der Waals surface area contributed by atoms with Crippen molar-refractivity contribution >= 4 is 39.0 Å². The van der Waals surface area contributed by atoms with Crippen LogP contribution in [0.5, 0.6) is 5.75 Å². The number of hydrogen-bond acceptors (Lipinski definition) is 4. The first kappa shape index (κ1) is 16.2. The molecule has 0 fully saturated rings. The summed E-state index contributed by atoms with van der Waals surface area (Å²) in [5.74, 6) is 0.782. The summed E-state index contributed by atoms with van der Waals surface area (Å²) in [4.78, 5) is 14.5. The van der Waals surface area contributed by atoms with Crippen LogP contribution in [0.1, 0.15) is 11.1 Å². The molecule has 27 heavy (non-hydrogen) atoms. The van der Waals surface area contributed by atoms with Crippen LogP contribution in [0.15, 0.2) is 63.8 Å². The lowest BCUT2D eigenvalue weighted by atomic mass is 10.00. The Balaban J connectivity index is 1.72. The van der Waals surface area contributed by atoms with Gasteiger partial charge < -0.3 is 14.1 Å². The maximum absolute atomic E-state index is 12.4. The van der Waals surface area contributed by atoms with Crippen LogP contribution >= 0.6 is 11.6 Å². The molecule has 2 heterocycles. The van der Waals surface area contributed by atoms with Crippen LogP contribution in [0, 0.1) is 6.92 Å². The average Bonchev–Trinajstić information content (AvgIpc) is 2.69. The minimum Gasteiger partial charge on any atom is -0.472 e. The third kappa shape index (κ3) is 2.48. The molecule has 0 saturated carbocycles. The molecule has 0 radical (unpaired) electrons. The summed E-state index contributed by atoms with van der Waals surface area (Å²) in [6.07, 6.45) is 0. The van der Waals surface area contributed by atoms with Crippen molar-refractivity contribution < 1.29 is 9.15 Å². The van der Waals surface area contributed by atoms with Gasteiger partial charge in [-0.2, -0.15) is 0 Å². The van der Waals surface area contributed by atoms with Gasteiger partial charge >= 0.3 is 5.63 Å². The predicted molar refractivity (Wildman–Crippen MR) is 108 cm³/mol. The lowest BCUT2D eigenvalue weighted by Gasteiger charge is -2.32. The lowest BCUT2D eigenvalue weighted by Crippen LogP contribution is -2.32. The Labute approximate surface area is 160 Å². The highest BCUT2D eigenvalue weighted by Gasteiger charge is 2.24. The quantitative estimate of drug-likeness (QED) is 0.335. The van der Waals surface area contributed by atoms with E-state index in [9.17, 15) is 4.79 Å². The number of anilines is 1. The van der Waals surface area contributed by atoms with Crippen molar-refractivity contribution in [3.8, 4) is 5.75 Å². The molecule has 0 unspecified atom stereocenters. The molecule has 5 heteroatoms. The molecule has 0 atom stereocenters. The summed E-state index contributed by atoms with van der Waals surface area (Å²) in [6.45, 7) is 2.99. The molecular weight excluding hydrogens is 362 g/mol. The second-order valence-electron chi connectivity index (χ2n) is 6.72. The van der Waals surface area contributed by atoms with Crippen LogP contribution < -0.4 is 15.3 Å². The van der Waals surface area contributed by atoms with Crippen LogP contribution in [0.3, 0.4) is 0 Å². The zero-order valence-corrected chi connectivity index (χ0v) is 15.4. The number of aryl methyl sites for hydroxylation is 1. The Morgan fingerprint density at radius 3 is 2.56 bits per heavy atom. The van der Waals surface area contributed by atoms with E-state index in [-0.39, 0.29) is 5.63 Å². The topological polar surface area (TPSA) is 42.7 Å². The van der Waals surface area contributed by atoms with Gasteiger partial charge in [-0.1, -0.05) is 41.9 Å². The van der Waals surface area contributed by atoms with E-state index in [4.69, 9.17) is 20.8 Å². The van der Waals surface area contributed by atoms with E-state index in [1.54, 1.807) is 6.07 Å². The fraction of sp³-hybridized carbons (Fsp3) is 0.136. The van der Waals surface area contributed by atoms with E-state index in [0.29, 0.717) is 29.3 Å². The SMILES string of the molecule is Cc1c2c(cc3c1oc(=O)c1ccccc13)CN(c1ccccc1Cl)CO2. The van der Waals surface area contributed by atoms with E-state index in [1.165, 1.54) is 0 Å². The lowest BCUT2D eigenvalue weighted by molar-refractivity contribution is 0.287. The van der Waals surface area contributed by atoms with Gasteiger partial charge in [0.15, 0.2) is 6.73 Å². The standard InChI is InChI=1S/C22H16ClNO3/c1-13-20-14(11-24(12-26-20)19-9-5-4-8-18(19)23)10-17-15-6-2-3-7-16(15)22(25)27-21(13)17/h2-10H,11-12H2,1H3. The highest BCUT2D eigenvalue weighted by atomic mass is 35.5. The van der Waals surface area contributed by atoms with Gasteiger partial charge in [0, 0.05) is 23.1 Å². The molecule has 1 aliphatic heterocycles. The molecule has 134 valence electrons. The average molecular weight is 378 g/mol. The van der Waals surface area contributed by atoms with Gasteiger partial charge in [0.05, 0.1) is 16.1 Å². The molecule has 3 aromatic carbocycles. The molecule has 4 aromatic rings. The maximum Gasteiger partial charge on any atom is 0.344 e. The molecule has 1 aromatic heterocycles. The summed E-state index contributed by atoms with van der Waals surface area (Å²) in [5.41, 5.74) is 3.10. The normalized spacial score (nSPS) is 13.6. The molecule has 0 amide bonds. The van der Waals surface area contributed by atoms with E-state index in [0.717, 1.165) is 33.3 Å². The monoisotopic (exact) mass is 377 g/mol. The summed E-state index contributed by atoms with van der Waals surface area (Å²) in [6, 6.07) is 17.3. The molecule has 5 rings (SSSR count). The number of fused-ring (bicyclic) bond motifs is 4. The van der Waals surface area contributed by atoms with Gasteiger partial charge in [-0.3, -0.25) is 0 Å². The van der Waals surface area contributed by atoms with E-state index in [2.05, 4.69) is 11.0 Å². The molecule has 0 aliphatic carbocycles. The predicted octanol–water partition coefficient (Wildman–Crippen LogP) is 5.26. The number of benzene rings is 3. The van der Waals surface area contributed by atoms with Gasteiger partial charge in [-0.15, -0.1) is 0 Å². The second-order valence-corrected chi connectivity index (χ2v) is 7.13. The number of rotatable bonds is 1. The number of nitrogens with zero attached hydrogens (tertiary/aromatic N) is 1. The molecule has 0 bridgehead atoms. The van der Waals surface area contributed by atoms with Crippen LogP contribution in [-0.2, 0) is 6.54 Å². The summed E-state index contributed by atoms with van der Waals surface area (Å²) < 4.78 is 11.7. The van der Waals surface area contributed by atoms with Gasteiger partial charge in [0.1, 0.15) is 11.3 Å². The van der Waals surface area contributed by atoms with E-state index in [1.807, 2.05) is 49.4 Å². The molecule has 0 N–H and O–H groups in total. The van der Waals surface area contributed by atoms with E-state index < -0.39 is 0 Å². The third-order valence-corrected chi connectivity index (χ3v) is 5.41. The van der Waals surface area contributed by atoms with Crippen molar-refractivity contribution in [2.45, 2.75) is 13.5 Å². The van der Waals surface area contributed by atoms with Crippen LogP contribution in [0.25, 0.3) is 21.7 Å². The fourth-order valence-electron chi connectivity index (χ4n) is 3.80. The van der Waals surface area contributed by atoms with Gasteiger partial charge in [0.25, 0.3) is 0 Å². The van der Waals surface area contributed by atoms with Crippen molar-refractivity contribution in [3.05, 3.63) is 81.2 Å². The molecule has 4 nitrogen and oxygen atoms in total. The fourth-order valence-corrected chi connectivity index (χ4v) is 4.06. The molecular formula is C22H16ClNO3. The number of ether oxygens (including phenoxy) is 1. The Morgan fingerprint density at radius 2 is 1.74 bits per heavy atom.